The molecule has 0 N–H and O–H groups in total. The van der Waals surface area contributed by atoms with Gasteiger partial charge in [0.2, 0.25) is 0 Å². The zero-order valence-corrected chi connectivity index (χ0v) is 34.3. The minimum absolute atomic E-state index is 0.133. The minimum Gasteiger partial charge on any atom is -0.351 e. The van der Waals surface area contributed by atoms with Gasteiger partial charge < -0.3 is 4.74 Å². The number of hydrogen-bond acceptors (Lipinski definition) is 4. The van der Waals surface area contributed by atoms with Crippen LogP contribution in [0.15, 0.2) is 0 Å². The fourth-order valence-corrected chi connectivity index (χ4v) is 7.68. The van der Waals surface area contributed by atoms with Gasteiger partial charge in [0.1, 0.15) is 0 Å². The second-order valence-electron chi connectivity index (χ2n) is 15.0. The summed E-state index contributed by atoms with van der Waals surface area (Å²) in [5.74, 6) is 2.72. The summed E-state index contributed by atoms with van der Waals surface area (Å²) in [7, 11) is 0.512. The van der Waals surface area contributed by atoms with Crippen molar-refractivity contribution in [1.29, 1.82) is 0 Å². The maximum atomic E-state index is 6.56. The van der Waals surface area contributed by atoms with Crippen LogP contribution in [-0.2, 0) is 13.1 Å². The molecule has 0 aromatic carbocycles. The summed E-state index contributed by atoms with van der Waals surface area (Å²) in [4.78, 5) is 2.22. The molecule has 0 spiro atoms. The Morgan fingerprint density at radius 2 is 0.896 bits per heavy atom. The number of ether oxygens (including phenoxy) is 1. The first-order valence-corrected chi connectivity index (χ1v) is 23.5. The van der Waals surface area contributed by atoms with Crippen LogP contribution in [0.5, 0.6) is 0 Å². The molecule has 0 saturated heterocycles. The number of terminal acetylenes is 1. The highest BCUT2D eigenvalue weighted by atomic mass is 32.3. The largest absolute Gasteiger partial charge is 0.351 e. The Labute approximate surface area is 305 Å². The van der Waals surface area contributed by atoms with Crippen LogP contribution >= 0.6 is 10.6 Å². The molecule has 0 aromatic rings. The Bertz CT molecular complexity index is 667. The molecule has 0 amide bonds. The van der Waals surface area contributed by atoms with Crippen LogP contribution in [0.4, 0.5) is 0 Å². The molecule has 48 heavy (non-hydrogen) atoms. The summed E-state index contributed by atoms with van der Waals surface area (Å²) < 4.78 is 19.3. The smallest absolute Gasteiger partial charge is 0.180 e. The van der Waals surface area contributed by atoms with E-state index >= 15 is 0 Å². The van der Waals surface area contributed by atoms with Crippen molar-refractivity contribution in [2.45, 2.75) is 219 Å². The van der Waals surface area contributed by atoms with E-state index in [9.17, 15) is 0 Å². The highest BCUT2D eigenvalue weighted by molar-refractivity contribution is 8.24. The number of rotatable bonds is 40. The van der Waals surface area contributed by atoms with Crippen molar-refractivity contribution >= 4 is 10.6 Å². The van der Waals surface area contributed by atoms with Crippen molar-refractivity contribution in [1.82, 2.24) is 4.90 Å². The van der Waals surface area contributed by atoms with E-state index in [4.69, 9.17) is 19.5 Å². The van der Waals surface area contributed by atoms with Crippen LogP contribution < -0.4 is 0 Å². The van der Waals surface area contributed by atoms with Gasteiger partial charge in [-0.2, -0.15) is 10.6 Å². The first kappa shape index (κ1) is 47.8. The van der Waals surface area contributed by atoms with Crippen molar-refractivity contribution in [3.05, 3.63) is 0 Å². The normalized spacial score (nSPS) is 12.9. The lowest BCUT2D eigenvalue weighted by molar-refractivity contribution is -0.0843. The van der Waals surface area contributed by atoms with E-state index in [-0.39, 0.29) is 6.29 Å². The van der Waals surface area contributed by atoms with Crippen LogP contribution in [-0.4, -0.2) is 57.1 Å². The third-order valence-electron chi connectivity index (χ3n) is 9.60. The van der Waals surface area contributed by atoms with Crippen molar-refractivity contribution < 1.29 is 13.1 Å². The third kappa shape index (κ3) is 37.0. The molecule has 0 aliphatic rings. The van der Waals surface area contributed by atoms with E-state index in [2.05, 4.69) is 44.2 Å². The van der Waals surface area contributed by atoms with Crippen molar-refractivity contribution in [3.8, 4) is 12.3 Å². The van der Waals surface area contributed by atoms with E-state index in [1.165, 1.54) is 180 Å². The average molecular weight is 698 g/mol. The van der Waals surface area contributed by atoms with E-state index in [0.29, 0.717) is 0 Å². The van der Waals surface area contributed by atoms with E-state index in [1.807, 2.05) is 0 Å². The summed E-state index contributed by atoms with van der Waals surface area (Å²) in [6.07, 6.45) is 51.1. The molecule has 1 atom stereocenters. The molecular formula is C43H87NO3S. The number of unbranched alkanes of at least 4 members (excludes halogenated alkanes) is 27. The second kappa shape index (κ2) is 38.0. The molecule has 0 aliphatic carbocycles. The fourth-order valence-electron chi connectivity index (χ4n) is 6.44. The van der Waals surface area contributed by atoms with Gasteiger partial charge in [0.15, 0.2) is 6.29 Å². The molecule has 288 valence electrons. The van der Waals surface area contributed by atoms with Gasteiger partial charge >= 0.3 is 0 Å². The Balaban J connectivity index is 4.21. The lowest BCUT2D eigenvalue weighted by Gasteiger charge is -2.38. The zero-order chi connectivity index (χ0) is 35.2. The quantitative estimate of drug-likeness (QED) is 0.0362. The summed E-state index contributed by atoms with van der Waals surface area (Å²) in [5, 5.41) is 0. The number of nitrogens with zero attached hydrogens (tertiary/aromatic N) is 1. The Morgan fingerprint density at radius 3 is 1.33 bits per heavy atom. The van der Waals surface area contributed by atoms with Crippen molar-refractivity contribution in [2.75, 3.05) is 45.9 Å². The summed E-state index contributed by atoms with van der Waals surface area (Å²) in [6.45, 7) is 7.98. The molecular weight excluding hydrogens is 611 g/mol. The Kier molecular flexibility index (Phi) is 37.8. The molecule has 0 aliphatic heterocycles. The van der Waals surface area contributed by atoms with Gasteiger partial charge in [0, 0.05) is 25.5 Å². The van der Waals surface area contributed by atoms with Gasteiger partial charge in [-0.25, -0.2) is 0 Å². The van der Waals surface area contributed by atoms with E-state index < -0.39 is 10.6 Å². The molecule has 0 aromatic heterocycles. The van der Waals surface area contributed by atoms with Crippen molar-refractivity contribution in [2.24, 2.45) is 0 Å². The first-order chi connectivity index (χ1) is 23.4. The molecule has 0 heterocycles. The summed E-state index contributed by atoms with van der Waals surface area (Å²) >= 11 is 0. The standard InChI is InChI=1S/C43H87NO3S/c1-7-10-12-14-16-18-20-22-23-25-27-29-32-36-41-45-43(38-34-30-28-26-24-21-19-17-15-13-11-8-2)47-48(5,6)46-42-37-33-31-35-40-44(4)39-9-3/h3,43H,7-8,10-42H2,1-2,4-6H3. The molecule has 0 fully saturated rings. The van der Waals surface area contributed by atoms with Gasteiger partial charge in [-0.3, -0.25) is 13.3 Å². The van der Waals surface area contributed by atoms with Crippen molar-refractivity contribution in [3.63, 3.8) is 0 Å². The van der Waals surface area contributed by atoms with E-state index in [0.717, 1.165) is 45.6 Å². The topological polar surface area (TPSA) is 30.9 Å². The van der Waals surface area contributed by atoms with Crippen LogP contribution in [0.2, 0.25) is 0 Å². The highest BCUT2D eigenvalue weighted by Crippen LogP contribution is 2.44. The average Bonchev–Trinajstić information content (AvgIpc) is 3.06. The monoisotopic (exact) mass is 698 g/mol. The van der Waals surface area contributed by atoms with E-state index in [1.54, 1.807) is 0 Å². The second-order valence-corrected chi connectivity index (χ2v) is 17.7. The Hall–Kier alpha value is -0.250. The van der Waals surface area contributed by atoms with Gasteiger partial charge in [-0.15, -0.1) is 6.42 Å². The third-order valence-corrected chi connectivity index (χ3v) is 11.0. The lowest BCUT2D eigenvalue weighted by Crippen LogP contribution is -2.21. The SMILES string of the molecule is C#CCN(C)CCCCCCOS(C)(C)OC(CCCCCCCCCCCCCC)OCCCCCCCCCCCCCCCC. The molecule has 5 heteroatoms. The lowest BCUT2D eigenvalue weighted by atomic mass is 10.0. The van der Waals surface area contributed by atoms with Crippen LogP contribution in [0.1, 0.15) is 213 Å². The molecule has 0 saturated carbocycles. The summed E-state index contributed by atoms with van der Waals surface area (Å²) in [5.41, 5.74) is 0. The Morgan fingerprint density at radius 1 is 0.521 bits per heavy atom. The van der Waals surface area contributed by atoms with Gasteiger partial charge in [0.25, 0.3) is 0 Å². The molecule has 0 radical (unpaired) electrons. The maximum absolute atomic E-state index is 6.56. The minimum atomic E-state index is -1.59. The molecule has 4 nitrogen and oxygen atoms in total. The van der Waals surface area contributed by atoms with Crippen LogP contribution in [0.25, 0.3) is 0 Å². The maximum Gasteiger partial charge on any atom is 0.180 e. The summed E-state index contributed by atoms with van der Waals surface area (Å²) in [6, 6.07) is 0. The van der Waals surface area contributed by atoms with Crippen LogP contribution in [0, 0.1) is 12.3 Å². The fraction of sp³-hybridized carbons (Fsp3) is 0.953. The van der Waals surface area contributed by atoms with Crippen LogP contribution in [0.3, 0.4) is 0 Å². The predicted molar refractivity (Wildman–Crippen MR) is 217 cm³/mol. The molecule has 0 rings (SSSR count). The molecule has 1 unspecified atom stereocenters. The first-order valence-electron chi connectivity index (χ1n) is 21.2. The van der Waals surface area contributed by atoms with Gasteiger partial charge in [0.05, 0.1) is 13.2 Å². The van der Waals surface area contributed by atoms with Gasteiger partial charge in [-0.05, 0) is 39.3 Å². The van der Waals surface area contributed by atoms with Gasteiger partial charge in [-0.1, -0.05) is 187 Å². The zero-order valence-electron chi connectivity index (χ0n) is 33.5. The predicted octanol–water partition coefficient (Wildman–Crippen LogP) is 14.0. The highest BCUT2D eigenvalue weighted by Gasteiger charge is 2.18. The molecule has 0 bridgehead atoms. The number of hydrogen-bond donors (Lipinski definition) is 0.